The Labute approximate surface area is 234 Å². The fourth-order valence-electron chi connectivity index (χ4n) is 4.90. The highest BCUT2D eigenvalue weighted by molar-refractivity contribution is 5.94. The summed E-state index contributed by atoms with van der Waals surface area (Å²) in [6.45, 7) is 2.18. The Bertz CT molecular complexity index is 1700. The second-order valence-corrected chi connectivity index (χ2v) is 9.83. The molecule has 2 fully saturated rings. The van der Waals surface area contributed by atoms with Crippen LogP contribution in [0.5, 0.6) is 5.88 Å². The molecule has 0 spiro atoms. The molecule has 41 heavy (non-hydrogen) atoms. The lowest BCUT2D eigenvalue weighted by molar-refractivity contribution is -0.0591. The summed E-state index contributed by atoms with van der Waals surface area (Å²) in [5, 5.41) is 18.4. The largest absolute Gasteiger partial charge is 0.478 e. The lowest BCUT2D eigenvalue weighted by Crippen LogP contribution is -2.34. The van der Waals surface area contributed by atoms with Crippen molar-refractivity contribution in [2.45, 2.75) is 32.2 Å². The van der Waals surface area contributed by atoms with Gasteiger partial charge >= 0.3 is 12.0 Å². The molecule has 2 saturated heterocycles. The molecule has 208 valence electrons. The van der Waals surface area contributed by atoms with E-state index in [0.29, 0.717) is 48.9 Å². The molecular weight excluding hydrogens is 531 g/mol. The molecule has 0 radical (unpaired) electrons. The first-order chi connectivity index (χ1) is 19.9. The van der Waals surface area contributed by atoms with E-state index < -0.39 is 11.8 Å². The quantitative estimate of drug-likeness (QED) is 0.328. The number of hydrogen-bond acceptors (Lipinski definition) is 7. The third-order valence-corrected chi connectivity index (χ3v) is 7.22. The smallest absolute Gasteiger partial charge is 0.335 e. The van der Waals surface area contributed by atoms with Crippen molar-refractivity contribution in [2.75, 3.05) is 24.6 Å². The van der Waals surface area contributed by atoms with Crippen LogP contribution in [0.1, 0.15) is 33.7 Å². The number of carbonyl (C=O) groups excluding carboxylic acids is 1. The van der Waals surface area contributed by atoms with Crippen molar-refractivity contribution in [1.29, 1.82) is 5.26 Å². The van der Waals surface area contributed by atoms with Crippen molar-refractivity contribution in [3.63, 3.8) is 0 Å². The van der Waals surface area contributed by atoms with Gasteiger partial charge in [0, 0.05) is 31.3 Å². The van der Waals surface area contributed by atoms with Gasteiger partial charge in [-0.25, -0.2) is 19.0 Å². The number of carboxylic acids is 1. The van der Waals surface area contributed by atoms with Crippen LogP contribution in [-0.2, 0) is 24.4 Å². The van der Waals surface area contributed by atoms with Crippen LogP contribution in [0.4, 0.5) is 15.0 Å². The predicted molar refractivity (Wildman–Crippen MR) is 144 cm³/mol. The summed E-state index contributed by atoms with van der Waals surface area (Å²) in [5.41, 5.74) is 2.01. The Morgan fingerprint density at radius 2 is 2.02 bits per heavy atom. The summed E-state index contributed by atoms with van der Waals surface area (Å²) < 4.78 is 27.5. The van der Waals surface area contributed by atoms with E-state index in [1.54, 1.807) is 40.1 Å². The number of nitrogens with zero attached hydrogens (tertiary/aromatic N) is 6. The lowest BCUT2D eigenvalue weighted by atomic mass is 10.1. The Balaban J connectivity index is 1.18. The number of ether oxygens (including phenoxy) is 2. The second-order valence-electron chi connectivity index (χ2n) is 9.83. The van der Waals surface area contributed by atoms with E-state index in [-0.39, 0.29) is 47.9 Å². The van der Waals surface area contributed by atoms with Crippen LogP contribution < -0.4 is 9.64 Å². The molecule has 2 amide bonds. The SMILES string of the molecule is N#Cc1ccc(COc2cccc(N3CCN(Cc4nc5ccc(C(=O)O)cc5n4C[C@@H]4CCO4)C3=O)n2)c(F)c1. The number of fused-ring (bicyclic) bond motifs is 1. The maximum absolute atomic E-state index is 14.2. The van der Waals surface area contributed by atoms with Gasteiger partial charge in [-0.1, -0.05) is 12.1 Å². The Morgan fingerprint density at radius 1 is 1.17 bits per heavy atom. The molecular formula is C29H25FN6O5. The van der Waals surface area contributed by atoms with Crippen LogP contribution in [0, 0.1) is 17.1 Å². The van der Waals surface area contributed by atoms with Gasteiger partial charge in [-0.05, 0) is 42.8 Å². The van der Waals surface area contributed by atoms with Crippen LogP contribution in [-0.4, -0.2) is 62.3 Å². The minimum absolute atomic E-state index is 0.00936. The molecule has 4 aromatic rings. The van der Waals surface area contributed by atoms with E-state index in [9.17, 15) is 19.1 Å². The number of imidazole rings is 1. The molecule has 2 aromatic carbocycles. The Kier molecular flexibility index (Phi) is 6.94. The van der Waals surface area contributed by atoms with E-state index in [1.807, 2.05) is 10.6 Å². The number of pyridine rings is 1. The van der Waals surface area contributed by atoms with Crippen LogP contribution in [0.3, 0.4) is 0 Å². The molecule has 1 atom stereocenters. The highest BCUT2D eigenvalue weighted by atomic mass is 19.1. The van der Waals surface area contributed by atoms with Gasteiger partial charge in [0.2, 0.25) is 5.88 Å². The van der Waals surface area contributed by atoms with Crippen molar-refractivity contribution in [2.24, 2.45) is 0 Å². The van der Waals surface area contributed by atoms with Gasteiger partial charge in [0.05, 0.1) is 47.4 Å². The van der Waals surface area contributed by atoms with E-state index in [2.05, 4.69) is 4.98 Å². The number of hydrogen-bond donors (Lipinski definition) is 1. The number of benzene rings is 2. The number of aromatic nitrogens is 3. The predicted octanol–water partition coefficient (Wildman–Crippen LogP) is 3.95. The molecule has 0 unspecified atom stereocenters. The molecule has 2 aliphatic heterocycles. The van der Waals surface area contributed by atoms with Gasteiger partial charge in [-0.2, -0.15) is 10.2 Å². The second kappa shape index (κ2) is 10.9. The van der Waals surface area contributed by atoms with Gasteiger partial charge < -0.3 is 24.0 Å². The molecule has 0 saturated carbocycles. The monoisotopic (exact) mass is 556 g/mol. The summed E-state index contributed by atoms with van der Waals surface area (Å²) in [6.07, 6.45) is 0.908. The molecule has 1 N–H and O–H groups in total. The molecule has 12 heteroatoms. The number of amides is 2. The maximum Gasteiger partial charge on any atom is 0.335 e. The average molecular weight is 557 g/mol. The van der Waals surface area contributed by atoms with Crippen molar-refractivity contribution in [3.8, 4) is 11.9 Å². The first-order valence-electron chi connectivity index (χ1n) is 13.1. The molecule has 0 bridgehead atoms. The maximum atomic E-state index is 14.2. The van der Waals surface area contributed by atoms with Crippen LogP contribution in [0.2, 0.25) is 0 Å². The highest BCUT2D eigenvalue weighted by Crippen LogP contribution is 2.26. The third kappa shape index (κ3) is 5.27. The van der Waals surface area contributed by atoms with Crippen molar-refractivity contribution in [3.05, 3.63) is 82.9 Å². The minimum atomic E-state index is -1.02. The summed E-state index contributed by atoms with van der Waals surface area (Å²) >= 11 is 0. The van der Waals surface area contributed by atoms with Crippen molar-refractivity contribution < 1.29 is 28.6 Å². The number of aromatic carboxylic acids is 1. The number of carbonyl (C=O) groups is 2. The van der Waals surface area contributed by atoms with E-state index in [4.69, 9.17) is 19.7 Å². The summed E-state index contributed by atoms with van der Waals surface area (Å²) in [6, 6.07) is 15.6. The number of carboxylic acid groups (broad SMARTS) is 1. The highest BCUT2D eigenvalue weighted by Gasteiger charge is 2.32. The minimum Gasteiger partial charge on any atom is -0.478 e. The van der Waals surface area contributed by atoms with Crippen LogP contribution in [0.15, 0.2) is 54.6 Å². The van der Waals surface area contributed by atoms with Crippen molar-refractivity contribution >= 4 is 28.9 Å². The first-order valence-corrected chi connectivity index (χ1v) is 13.1. The average Bonchev–Trinajstić information content (AvgIpc) is 3.48. The fraction of sp³-hybridized carbons (Fsp3) is 0.276. The number of halogens is 1. The Morgan fingerprint density at radius 3 is 2.76 bits per heavy atom. The number of anilines is 1. The standard InChI is InChI=1S/C29H25FN6O5/c30-22-12-18(14-31)4-5-20(22)17-41-27-3-1-2-25(33-27)35-10-9-34(29(35)39)16-26-32-23-7-6-19(28(37)38)13-24(23)36(26)15-21-8-11-40-21/h1-7,12-13,21H,8-11,15-17H2,(H,37,38)/t21-/m0/s1. The number of nitriles is 1. The number of urea groups is 1. The molecule has 0 aliphatic carbocycles. The summed E-state index contributed by atoms with van der Waals surface area (Å²) in [7, 11) is 0. The topological polar surface area (TPSA) is 134 Å². The number of rotatable bonds is 9. The van der Waals surface area contributed by atoms with Crippen LogP contribution in [0.25, 0.3) is 11.0 Å². The van der Waals surface area contributed by atoms with Crippen LogP contribution >= 0.6 is 0 Å². The third-order valence-electron chi connectivity index (χ3n) is 7.22. The molecule has 4 heterocycles. The van der Waals surface area contributed by atoms with Gasteiger partial charge in [-0.3, -0.25) is 4.90 Å². The normalized spacial score (nSPS) is 16.6. The summed E-state index contributed by atoms with van der Waals surface area (Å²) in [5.74, 6) is -0.290. The van der Waals surface area contributed by atoms with Gasteiger partial charge in [0.25, 0.3) is 0 Å². The molecule has 11 nitrogen and oxygen atoms in total. The zero-order valence-corrected chi connectivity index (χ0v) is 21.9. The molecule has 2 aromatic heterocycles. The van der Waals surface area contributed by atoms with E-state index in [0.717, 1.165) is 12.5 Å². The van der Waals surface area contributed by atoms with E-state index >= 15 is 0 Å². The van der Waals surface area contributed by atoms with Gasteiger partial charge in [-0.15, -0.1) is 0 Å². The summed E-state index contributed by atoms with van der Waals surface area (Å²) in [4.78, 5) is 37.4. The zero-order chi connectivity index (χ0) is 28.5. The van der Waals surface area contributed by atoms with Crippen molar-refractivity contribution in [1.82, 2.24) is 19.4 Å². The molecule has 6 rings (SSSR count). The molecule has 2 aliphatic rings. The lowest BCUT2D eigenvalue weighted by Gasteiger charge is -2.28. The van der Waals surface area contributed by atoms with Gasteiger partial charge in [0.15, 0.2) is 0 Å². The van der Waals surface area contributed by atoms with E-state index in [1.165, 1.54) is 18.2 Å². The fourth-order valence-corrected chi connectivity index (χ4v) is 4.90. The van der Waals surface area contributed by atoms with Gasteiger partial charge in [0.1, 0.15) is 24.1 Å². The Hall–Kier alpha value is -5.02. The first kappa shape index (κ1) is 26.2. The zero-order valence-electron chi connectivity index (χ0n) is 21.9.